The van der Waals surface area contributed by atoms with Gasteiger partial charge in [-0.1, -0.05) is 36.4 Å². The summed E-state index contributed by atoms with van der Waals surface area (Å²) in [5.74, 6) is 0. The summed E-state index contributed by atoms with van der Waals surface area (Å²) < 4.78 is 0. The highest BCUT2D eigenvalue weighted by Gasteiger charge is 2.15. The molecule has 0 bridgehead atoms. The molecule has 1 aliphatic rings. The lowest BCUT2D eigenvalue weighted by Crippen LogP contribution is -2.29. The number of anilines is 1. The molecule has 0 saturated carbocycles. The van der Waals surface area contributed by atoms with Crippen LogP contribution in [-0.2, 0) is 19.5 Å². The van der Waals surface area contributed by atoms with E-state index in [0.717, 1.165) is 37.3 Å². The largest absolute Gasteiger partial charge is 0.399 e. The highest BCUT2D eigenvalue weighted by molar-refractivity contribution is 5.48. The second-order valence-electron chi connectivity index (χ2n) is 5.42. The standard InChI is InChI=1S/C17H20N2/c1-13-6-7-14(10-17(13)18)11-19-9-8-15-4-2-3-5-16(15)12-19/h2-7,10H,8-9,11-12,18H2,1H3. The lowest BCUT2D eigenvalue weighted by Gasteiger charge is -2.28. The molecular formula is C17H20N2. The average Bonchev–Trinajstić information content (AvgIpc) is 2.43. The molecule has 0 saturated heterocycles. The maximum absolute atomic E-state index is 5.98. The van der Waals surface area contributed by atoms with Crippen LogP contribution in [0.4, 0.5) is 5.69 Å². The van der Waals surface area contributed by atoms with Crippen LogP contribution in [0.25, 0.3) is 0 Å². The van der Waals surface area contributed by atoms with Crippen molar-refractivity contribution < 1.29 is 0 Å². The number of nitrogens with two attached hydrogens (primary N) is 1. The van der Waals surface area contributed by atoms with Gasteiger partial charge in [-0.2, -0.15) is 0 Å². The Labute approximate surface area is 114 Å². The summed E-state index contributed by atoms with van der Waals surface area (Å²) in [6, 6.07) is 15.2. The molecule has 2 heteroatoms. The predicted molar refractivity (Wildman–Crippen MR) is 79.9 cm³/mol. The van der Waals surface area contributed by atoms with Crippen molar-refractivity contribution in [2.75, 3.05) is 12.3 Å². The lowest BCUT2D eigenvalue weighted by atomic mass is 9.99. The zero-order valence-corrected chi connectivity index (χ0v) is 11.4. The first-order valence-electron chi connectivity index (χ1n) is 6.86. The monoisotopic (exact) mass is 252 g/mol. The summed E-state index contributed by atoms with van der Waals surface area (Å²) in [5.41, 5.74) is 12.3. The van der Waals surface area contributed by atoms with E-state index >= 15 is 0 Å². The topological polar surface area (TPSA) is 29.3 Å². The molecular weight excluding hydrogens is 232 g/mol. The van der Waals surface area contributed by atoms with Crippen LogP contribution in [0.1, 0.15) is 22.3 Å². The van der Waals surface area contributed by atoms with Crippen LogP contribution >= 0.6 is 0 Å². The predicted octanol–water partition coefficient (Wildman–Crippen LogP) is 3.14. The average molecular weight is 252 g/mol. The van der Waals surface area contributed by atoms with Gasteiger partial charge >= 0.3 is 0 Å². The first-order valence-corrected chi connectivity index (χ1v) is 6.86. The number of rotatable bonds is 2. The number of benzene rings is 2. The first kappa shape index (κ1) is 12.2. The molecule has 0 aliphatic carbocycles. The number of aryl methyl sites for hydroxylation is 1. The van der Waals surface area contributed by atoms with E-state index in [1.165, 1.54) is 16.7 Å². The first-order chi connectivity index (χ1) is 9.22. The molecule has 1 heterocycles. The van der Waals surface area contributed by atoms with Crippen molar-refractivity contribution in [3.05, 3.63) is 64.7 Å². The molecule has 2 nitrogen and oxygen atoms in total. The Bertz CT molecular complexity index is 590. The zero-order valence-electron chi connectivity index (χ0n) is 11.4. The van der Waals surface area contributed by atoms with Crippen molar-refractivity contribution in [1.82, 2.24) is 4.90 Å². The van der Waals surface area contributed by atoms with E-state index in [9.17, 15) is 0 Å². The van der Waals surface area contributed by atoms with Gasteiger partial charge in [-0.3, -0.25) is 4.90 Å². The number of fused-ring (bicyclic) bond motifs is 1. The molecule has 3 rings (SSSR count). The minimum absolute atomic E-state index is 0.898. The SMILES string of the molecule is Cc1ccc(CN2CCc3ccccc3C2)cc1N. The molecule has 98 valence electrons. The number of hydrogen-bond donors (Lipinski definition) is 1. The Morgan fingerprint density at radius 1 is 1.11 bits per heavy atom. The number of nitrogens with zero attached hydrogens (tertiary/aromatic N) is 1. The van der Waals surface area contributed by atoms with Gasteiger partial charge in [-0.25, -0.2) is 0 Å². The van der Waals surface area contributed by atoms with E-state index in [0.29, 0.717) is 0 Å². The van der Waals surface area contributed by atoms with E-state index in [1.54, 1.807) is 0 Å². The van der Waals surface area contributed by atoms with Crippen LogP contribution in [0, 0.1) is 6.92 Å². The second kappa shape index (κ2) is 5.06. The molecule has 2 aromatic carbocycles. The minimum Gasteiger partial charge on any atom is -0.399 e. The van der Waals surface area contributed by atoms with E-state index < -0.39 is 0 Å². The van der Waals surface area contributed by atoms with Crippen molar-refractivity contribution in [1.29, 1.82) is 0 Å². The third-order valence-electron chi connectivity index (χ3n) is 3.96. The van der Waals surface area contributed by atoms with Crippen molar-refractivity contribution in [3.63, 3.8) is 0 Å². The van der Waals surface area contributed by atoms with Gasteiger partial charge < -0.3 is 5.73 Å². The summed E-state index contributed by atoms with van der Waals surface area (Å²) in [6.07, 6.45) is 1.15. The van der Waals surface area contributed by atoms with Gasteiger partial charge in [0.1, 0.15) is 0 Å². The fourth-order valence-corrected chi connectivity index (χ4v) is 2.74. The Morgan fingerprint density at radius 2 is 1.89 bits per heavy atom. The third kappa shape index (κ3) is 2.64. The highest BCUT2D eigenvalue weighted by Crippen LogP contribution is 2.21. The third-order valence-corrected chi connectivity index (χ3v) is 3.96. The van der Waals surface area contributed by atoms with Crippen LogP contribution in [0.3, 0.4) is 0 Å². The van der Waals surface area contributed by atoms with E-state index in [-0.39, 0.29) is 0 Å². The molecule has 0 aromatic heterocycles. The van der Waals surface area contributed by atoms with Crippen LogP contribution in [-0.4, -0.2) is 11.4 Å². The van der Waals surface area contributed by atoms with E-state index in [4.69, 9.17) is 5.73 Å². The molecule has 0 spiro atoms. The summed E-state index contributed by atoms with van der Waals surface area (Å²) in [4.78, 5) is 2.49. The summed E-state index contributed by atoms with van der Waals surface area (Å²) in [6.45, 7) is 5.21. The summed E-state index contributed by atoms with van der Waals surface area (Å²) >= 11 is 0. The molecule has 0 unspecified atom stereocenters. The molecule has 0 radical (unpaired) electrons. The maximum Gasteiger partial charge on any atom is 0.0346 e. The molecule has 1 aliphatic heterocycles. The Kier molecular flexibility index (Phi) is 3.26. The summed E-state index contributed by atoms with van der Waals surface area (Å²) in [7, 11) is 0. The lowest BCUT2D eigenvalue weighted by molar-refractivity contribution is 0.245. The maximum atomic E-state index is 5.98. The fourth-order valence-electron chi connectivity index (χ4n) is 2.74. The van der Waals surface area contributed by atoms with Gasteiger partial charge in [0.25, 0.3) is 0 Å². The van der Waals surface area contributed by atoms with Crippen LogP contribution in [0.15, 0.2) is 42.5 Å². The second-order valence-corrected chi connectivity index (χ2v) is 5.42. The Balaban J connectivity index is 1.73. The Hall–Kier alpha value is -1.80. The van der Waals surface area contributed by atoms with Crippen LogP contribution in [0.2, 0.25) is 0 Å². The van der Waals surface area contributed by atoms with Gasteiger partial charge in [0, 0.05) is 25.3 Å². The molecule has 19 heavy (non-hydrogen) atoms. The van der Waals surface area contributed by atoms with Crippen molar-refractivity contribution in [3.8, 4) is 0 Å². The van der Waals surface area contributed by atoms with Gasteiger partial charge in [-0.15, -0.1) is 0 Å². The van der Waals surface area contributed by atoms with E-state index in [2.05, 4.69) is 54.3 Å². The fraction of sp³-hybridized carbons (Fsp3) is 0.294. The summed E-state index contributed by atoms with van der Waals surface area (Å²) in [5, 5.41) is 0. The van der Waals surface area contributed by atoms with Crippen molar-refractivity contribution in [2.45, 2.75) is 26.4 Å². The smallest absolute Gasteiger partial charge is 0.0346 e. The van der Waals surface area contributed by atoms with Crippen molar-refractivity contribution >= 4 is 5.69 Å². The van der Waals surface area contributed by atoms with E-state index in [1.807, 2.05) is 0 Å². The van der Waals surface area contributed by atoms with Gasteiger partial charge in [0.05, 0.1) is 0 Å². The van der Waals surface area contributed by atoms with Gasteiger partial charge in [0.15, 0.2) is 0 Å². The van der Waals surface area contributed by atoms with Crippen LogP contribution < -0.4 is 5.73 Å². The molecule has 0 atom stereocenters. The molecule has 0 fully saturated rings. The molecule has 0 amide bonds. The molecule has 2 aromatic rings. The number of nitrogen functional groups attached to an aromatic ring is 1. The van der Waals surface area contributed by atoms with Crippen LogP contribution in [0.5, 0.6) is 0 Å². The zero-order chi connectivity index (χ0) is 13.2. The van der Waals surface area contributed by atoms with Gasteiger partial charge in [0.2, 0.25) is 0 Å². The normalized spacial score (nSPS) is 15.2. The quantitative estimate of drug-likeness (QED) is 0.832. The van der Waals surface area contributed by atoms with Gasteiger partial charge in [-0.05, 0) is 41.7 Å². The minimum atomic E-state index is 0.898. The highest BCUT2D eigenvalue weighted by atomic mass is 15.1. The van der Waals surface area contributed by atoms with Crippen molar-refractivity contribution in [2.24, 2.45) is 0 Å². The molecule has 2 N–H and O–H groups in total. The number of hydrogen-bond acceptors (Lipinski definition) is 2. The Morgan fingerprint density at radius 3 is 2.68 bits per heavy atom.